The zero-order valence-electron chi connectivity index (χ0n) is 17.0. The molecule has 2 saturated heterocycles. The Kier molecular flexibility index (Phi) is 5.36. The van der Waals surface area contributed by atoms with Gasteiger partial charge in [0.15, 0.2) is 5.82 Å². The maximum Gasteiger partial charge on any atom is 0.410 e. The highest BCUT2D eigenvalue weighted by molar-refractivity contribution is 5.88. The van der Waals surface area contributed by atoms with Gasteiger partial charge >= 0.3 is 12.1 Å². The minimum absolute atomic E-state index is 0.0547. The molecule has 3 amide bonds. The zero-order chi connectivity index (χ0) is 20.5. The molecule has 9 nitrogen and oxygen atoms in total. The number of ether oxygens (including phenoxy) is 1. The van der Waals surface area contributed by atoms with Crippen molar-refractivity contribution in [3.05, 3.63) is 12.3 Å². The lowest BCUT2D eigenvalue weighted by Gasteiger charge is -2.39. The number of carbonyl (C=O) groups is 3. The van der Waals surface area contributed by atoms with Gasteiger partial charge in [-0.25, -0.2) is 9.59 Å². The molecular weight excluding hydrogens is 362 g/mol. The maximum atomic E-state index is 12.7. The molecule has 1 spiro atoms. The van der Waals surface area contributed by atoms with Gasteiger partial charge in [0.05, 0.1) is 0 Å². The lowest BCUT2D eigenvalue weighted by atomic mass is 9.78. The maximum absolute atomic E-state index is 12.7. The SMILES string of the molecule is CC(=O)Nc1ccn(C(=O)N2CCC3(CCN(C(=O)OC(C)(C)C)C3)CC2)n1. The van der Waals surface area contributed by atoms with Crippen LogP contribution in [0.2, 0.25) is 0 Å². The fraction of sp³-hybridized carbons (Fsp3) is 0.684. The summed E-state index contributed by atoms with van der Waals surface area (Å²) in [6.45, 7) is 9.62. The van der Waals surface area contributed by atoms with Crippen molar-refractivity contribution < 1.29 is 19.1 Å². The number of nitrogens with one attached hydrogen (secondary N) is 1. The molecule has 1 N–H and O–H groups in total. The zero-order valence-corrected chi connectivity index (χ0v) is 17.0. The fourth-order valence-electron chi connectivity index (χ4n) is 3.82. The van der Waals surface area contributed by atoms with E-state index in [0.717, 1.165) is 19.3 Å². The number of rotatable bonds is 1. The largest absolute Gasteiger partial charge is 0.444 e. The molecule has 0 aliphatic carbocycles. The van der Waals surface area contributed by atoms with E-state index in [9.17, 15) is 14.4 Å². The molecule has 0 bridgehead atoms. The number of nitrogens with zero attached hydrogens (tertiary/aromatic N) is 4. The van der Waals surface area contributed by atoms with E-state index in [0.29, 0.717) is 32.0 Å². The summed E-state index contributed by atoms with van der Waals surface area (Å²) < 4.78 is 6.74. The molecule has 2 fully saturated rings. The molecule has 3 rings (SSSR count). The minimum Gasteiger partial charge on any atom is -0.444 e. The molecule has 28 heavy (non-hydrogen) atoms. The standard InChI is InChI=1S/C19H29N5O4/c1-14(25)20-15-5-9-24(21-15)16(26)22-10-6-19(7-11-22)8-12-23(13-19)17(27)28-18(2,3)4/h5,9H,6-8,10-13H2,1-4H3,(H,20,21,25). The second-order valence-electron chi connectivity index (χ2n) is 8.75. The Morgan fingerprint density at radius 3 is 2.29 bits per heavy atom. The topological polar surface area (TPSA) is 96.8 Å². The average Bonchev–Trinajstić information content (AvgIpc) is 3.21. The fourth-order valence-corrected chi connectivity index (χ4v) is 3.82. The molecule has 0 atom stereocenters. The summed E-state index contributed by atoms with van der Waals surface area (Å²) in [7, 11) is 0. The van der Waals surface area contributed by atoms with E-state index in [1.807, 2.05) is 20.8 Å². The second kappa shape index (κ2) is 7.44. The molecule has 154 valence electrons. The summed E-state index contributed by atoms with van der Waals surface area (Å²) in [5.74, 6) is 0.131. The predicted molar refractivity (Wildman–Crippen MR) is 103 cm³/mol. The Balaban J connectivity index is 1.54. The van der Waals surface area contributed by atoms with Crippen molar-refractivity contribution in [3.63, 3.8) is 0 Å². The monoisotopic (exact) mass is 391 g/mol. The molecule has 0 unspecified atom stereocenters. The molecule has 3 heterocycles. The van der Waals surface area contributed by atoms with Crippen molar-refractivity contribution >= 4 is 23.8 Å². The quantitative estimate of drug-likeness (QED) is 0.793. The number of hydrogen-bond acceptors (Lipinski definition) is 5. The first kappa shape index (κ1) is 20.2. The van der Waals surface area contributed by atoms with Crippen LogP contribution in [0.25, 0.3) is 0 Å². The highest BCUT2D eigenvalue weighted by Crippen LogP contribution is 2.40. The van der Waals surface area contributed by atoms with Gasteiger partial charge in [-0.15, -0.1) is 5.10 Å². The smallest absolute Gasteiger partial charge is 0.410 e. The van der Waals surface area contributed by atoms with Crippen LogP contribution >= 0.6 is 0 Å². The van der Waals surface area contributed by atoms with Gasteiger partial charge in [-0.3, -0.25) is 4.79 Å². The van der Waals surface area contributed by atoms with Crippen LogP contribution in [-0.2, 0) is 9.53 Å². The number of carbonyl (C=O) groups excluding carboxylic acids is 3. The summed E-state index contributed by atoms with van der Waals surface area (Å²) in [5.41, 5.74) is -0.443. The summed E-state index contributed by atoms with van der Waals surface area (Å²) in [6.07, 6.45) is 3.92. The van der Waals surface area contributed by atoms with Crippen molar-refractivity contribution in [1.82, 2.24) is 19.6 Å². The van der Waals surface area contributed by atoms with Crippen LogP contribution in [0.3, 0.4) is 0 Å². The van der Waals surface area contributed by atoms with Crippen molar-refractivity contribution in [1.29, 1.82) is 0 Å². The van der Waals surface area contributed by atoms with E-state index in [1.165, 1.54) is 11.6 Å². The van der Waals surface area contributed by atoms with E-state index in [4.69, 9.17) is 4.74 Å². The first-order valence-electron chi connectivity index (χ1n) is 9.67. The molecule has 2 aliphatic heterocycles. The van der Waals surface area contributed by atoms with Gasteiger partial charge in [-0.1, -0.05) is 0 Å². The number of hydrogen-bond donors (Lipinski definition) is 1. The minimum atomic E-state index is -0.498. The van der Waals surface area contributed by atoms with Crippen LogP contribution in [0.15, 0.2) is 12.3 Å². The van der Waals surface area contributed by atoms with E-state index in [2.05, 4.69) is 10.4 Å². The van der Waals surface area contributed by atoms with Gasteiger partial charge in [0.1, 0.15) is 5.60 Å². The number of piperidine rings is 1. The molecule has 1 aromatic heterocycles. The van der Waals surface area contributed by atoms with Crippen LogP contribution in [0.5, 0.6) is 0 Å². The van der Waals surface area contributed by atoms with Crippen LogP contribution < -0.4 is 5.32 Å². The van der Waals surface area contributed by atoms with Gasteiger partial charge in [-0.2, -0.15) is 4.68 Å². The van der Waals surface area contributed by atoms with Crippen molar-refractivity contribution in [2.75, 3.05) is 31.5 Å². The van der Waals surface area contributed by atoms with Gasteiger partial charge < -0.3 is 19.9 Å². The number of amides is 3. The van der Waals surface area contributed by atoms with Crippen molar-refractivity contribution in [2.24, 2.45) is 5.41 Å². The van der Waals surface area contributed by atoms with E-state index >= 15 is 0 Å². The molecule has 2 aliphatic rings. The Morgan fingerprint density at radius 1 is 1.11 bits per heavy atom. The lowest BCUT2D eigenvalue weighted by molar-refractivity contribution is -0.114. The van der Waals surface area contributed by atoms with Crippen LogP contribution in [0, 0.1) is 5.41 Å². The molecular formula is C19H29N5O4. The normalized spacial score (nSPS) is 19.0. The van der Waals surface area contributed by atoms with Gasteiger partial charge in [0.25, 0.3) is 0 Å². The van der Waals surface area contributed by atoms with E-state index in [1.54, 1.807) is 22.1 Å². The highest BCUT2D eigenvalue weighted by atomic mass is 16.6. The summed E-state index contributed by atoms with van der Waals surface area (Å²) in [4.78, 5) is 39.6. The number of aromatic nitrogens is 2. The van der Waals surface area contributed by atoms with Crippen LogP contribution in [0.1, 0.15) is 47.0 Å². The molecule has 0 aromatic carbocycles. The van der Waals surface area contributed by atoms with Gasteiger partial charge in [-0.05, 0) is 45.4 Å². The van der Waals surface area contributed by atoms with Gasteiger partial charge in [0.2, 0.25) is 5.91 Å². The summed E-state index contributed by atoms with van der Waals surface area (Å²) in [6, 6.07) is 1.40. The molecule has 0 saturated carbocycles. The molecule has 0 radical (unpaired) electrons. The Hall–Kier alpha value is -2.58. The first-order chi connectivity index (χ1) is 13.1. The third-order valence-electron chi connectivity index (χ3n) is 5.27. The Bertz CT molecular complexity index is 759. The average molecular weight is 391 g/mol. The van der Waals surface area contributed by atoms with Gasteiger partial charge in [0, 0.05) is 45.4 Å². The first-order valence-corrected chi connectivity index (χ1v) is 9.67. The highest BCUT2D eigenvalue weighted by Gasteiger charge is 2.43. The summed E-state index contributed by atoms with van der Waals surface area (Å²) >= 11 is 0. The van der Waals surface area contributed by atoms with Crippen LogP contribution in [0.4, 0.5) is 15.4 Å². The third-order valence-corrected chi connectivity index (χ3v) is 5.27. The van der Waals surface area contributed by atoms with Crippen molar-refractivity contribution in [2.45, 2.75) is 52.6 Å². The third kappa shape index (κ3) is 4.63. The van der Waals surface area contributed by atoms with Crippen molar-refractivity contribution in [3.8, 4) is 0 Å². The Labute approximate surface area is 165 Å². The molecule has 1 aromatic rings. The van der Waals surface area contributed by atoms with Crippen LogP contribution in [-0.4, -0.2) is 69.4 Å². The van der Waals surface area contributed by atoms with E-state index in [-0.39, 0.29) is 23.4 Å². The predicted octanol–water partition coefficient (Wildman–Crippen LogP) is 2.53. The number of anilines is 1. The van der Waals surface area contributed by atoms with E-state index < -0.39 is 5.60 Å². The molecule has 9 heteroatoms. The number of likely N-dealkylation sites (tertiary alicyclic amines) is 2. The summed E-state index contributed by atoms with van der Waals surface area (Å²) in [5, 5.41) is 6.67. The lowest BCUT2D eigenvalue weighted by Crippen LogP contribution is -2.46. The Morgan fingerprint density at radius 2 is 1.71 bits per heavy atom. The second-order valence-corrected chi connectivity index (χ2v) is 8.75.